The highest BCUT2D eigenvalue weighted by atomic mass is 127. The first kappa shape index (κ1) is 26.7. The number of likely N-dealkylation sites (tertiary alicyclic amines) is 1. The zero-order valence-corrected chi connectivity index (χ0v) is 23.1. The molecule has 1 aromatic rings. The summed E-state index contributed by atoms with van der Waals surface area (Å²) in [6.07, 6.45) is 12.2. The van der Waals surface area contributed by atoms with Crippen molar-refractivity contribution in [3.8, 4) is 0 Å². The molecule has 0 amide bonds. The average molecular weight is 574 g/mol. The monoisotopic (exact) mass is 573 g/mol. The molecule has 33 heavy (non-hydrogen) atoms. The predicted octanol–water partition coefficient (Wildman–Crippen LogP) is 3.35. The van der Waals surface area contributed by atoms with Gasteiger partial charge in [0.05, 0.1) is 13.2 Å². The van der Waals surface area contributed by atoms with Gasteiger partial charge in [-0.2, -0.15) is 0 Å². The van der Waals surface area contributed by atoms with Gasteiger partial charge in [-0.25, -0.2) is 4.99 Å². The number of hydrogen-bond acceptors (Lipinski definition) is 5. The van der Waals surface area contributed by atoms with Crippen LogP contribution in [0.15, 0.2) is 4.99 Å². The standard InChI is InChI=1S/C24H43N7O.HI/c1-21-27-28-22(29(21)2)19-26-23(25-12-8-13-30-15-17-32-18-16-30)31-14-7-11-24(20-31)9-5-3-4-6-10-24;/h3-20H2,1-2H3,(H,25,26);1H. The van der Waals surface area contributed by atoms with Crippen LogP contribution in [-0.4, -0.2) is 83.0 Å². The van der Waals surface area contributed by atoms with Gasteiger partial charge in [0.2, 0.25) is 0 Å². The predicted molar refractivity (Wildman–Crippen MR) is 143 cm³/mol. The Morgan fingerprint density at radius 2 is 1.76 bits per heavy atom. The minimum Gasteiger partial charge on any atom is -0.379 e. The summed E-state index contributed by atoms with van der Waals surface area (Å²) in [7, 11) is 2.02. The van der Waals surface area contributed by atoms with Crippen LogP contribution in [-0.2, 0) is 18.3 Å². The Morgan fingerprint density at radius 1 is 1.03 bits per heavy atom. The molecule has 3 fully saturated rings. The minimum atomic E-state index is 0. The second-order valence-electron chi connectivity index (χ2n) is 10.0. The molecule has 1 N–H and O–H groups in total. The summed E-state index contributed by atoms with van der Waals surface area (Å²) >= 11 is 0. The lowest BCUT2D eigenvalue weighted by Gasteiger charge is -2.44. The number of aliphatic imine (C=N–C) groups is 1. The second-order valence-corrected chi connectivity index (χ2v) is 10.0. The van der Waals surface area contributed by atoms with Crippen molar-refractivity contribution >= 4 is 29.9 Å². The van der Waals surface area contributed by atoms with Gasteiger partial charge in [0.1, 0.15) is 12.4 Å². The molecule has 1 saturated carbocycles. The number of halogens is 1. The summed E-state index contributed by atoms with van der Waals surface area (Å²) in [4.78, 5) is 10.1. The van der Waals surface area contributed by atoms with Crippen LogP contribution in [0.3, 0.4) is 0 Å². The number of aromatic nitrogens is 3. The Kier molecular flexibility index (Phi) is 10.7. The van der Waals surface area contributed by atoms with Gasteiger partial charge < -0.3 is 19.5 Å². The maximum Gasteiger partial charge on any atom is 0.194 e. The van der Waals surface area contributed by atoms with Crippen LogP contribution in [0, 0.1) is 12.3 Å². The Hall–Kier alpha value is -0.940. The van der Waals surface area contributed by atoms with Crippen molar-refractivity contribution in [2.45, 2.75) is 71.3 Å². The molecular formula is C24H44IN7O. The van der Waals surface area contributed by atoms with E-state index in [1.54, 1.807) is 0 Å². The fourth-order valence-electron chi connectivity index (χ4n) is 5.60. The lowest BCUT2D eigenvalue weighted by Crippen LogP contribution is -2.51. The topological polar surface area (TPSA) is 70.8 Å². The highest BCUT2D eigenvalue weighted by molar-refractivity contribution is 14.0. The number of guanidine groups is 1. The van der Waals surface area contributed by atoms with Gasteiger partial charge in [-0.05, 0) is 51.0 Å². The van der Waals surface area contributed by atoms with Gasteiger partial charge in [0.15, 0.2) is 11.8 Å². The Bertz CT molecular complexity index is 739. The first-order valence-electron chi connectivity index (χ1n) is 12.8. The zero-order chi connectivity index (χ0) is 22.2. The SMILES string of the molecule is Cc1nnc(CN=C(NCCCN2CCOCC2)N2CCCC3(CCCCCC3)C2)n1C.I. The van der Waals surface area contributed by atoms with Crippen LogP contribution in [0.4, 0.5) is 0 Å². The Labute approximate surface area is 216 Å². The number of rotatable bonds is 6. The maximum atomic E-state index is 5.48. The first-order chi connectivity index (χ1) is 15.7. The smallest absolute Gasteiger partial charge is 0.194 e. The van der Waals surface area contributed by atoms with Gasteiger partial charge in [-0.15, -0.1) is 34.2 Å². The summed E-state index contributed by atoms with van der Waals surface area (Å²) in [6, 6.07) is 0. The number of aryl methyl sites for hydroxylation is 1. The Morgan fingerprint density at radius 3 is 2.45 bits per heavy atom. The van der Waals surface area contributed by atoms with Crippen molar-refractivity contribution in [2.75, 3.05) is 52.5 Å². The summed E-state index contributed by atoms with van der Waals surface area (Å²) in [6.45, 7) is 10.8. The third kappa shape index (κ3) is 7.52. The molecular weight excluding hydrogens is 529 g/mol. The Balaban J connectivity index is 0.00000306. The normalized spacial score (nSPS) is 22.1. The summed E-state index contributed by atoms with van der Waals surface area (Å²) in [5.74, 6) is 2.93. The molecule has 1 aliphatic carbocycles. The number of morpholine rings is 1. The summed E-state index contributed by atoms with van der Waals surface area (Å²) in [5.41, 5.74) is 0.492. The molecule has 0 aromatic carbocycles. The number of nitrogens with one attached hydrogen (secondary N) is 1. The molecule has 2 saturated heterocycles. The molecule has 0 radical (unpaired) electrons. The van der Waals surface area contributed by atoms with Crippen molar-refractivity contribution in [2.24, 2.45) is 17.5 Å². The van der Waals surface area contributed by atoms with Gasteiger partial charge in [0.25, 0.3) is 0 Å². The molecule has 0 unspecified atom stereocenters. The average Bonchev–Trinajstić information content (AvgIpc) is 2.99. The van der Waals surface area contributed by atoms with Gasteiger partial charge in [-0.1, -0.05) is 25.7 Å². The van der Waals surface area contributed by atoms with E-state index in [2.05, 4.69) is 25.3 Å². The van der Waals surface area contributed by atoms with Gasteiger partial charge in [0, 0.05) is 39.8 Å². The number of piperidine rings is 1. The van der Waals surface area contributed by atoms with E-state index < -0.39 is 0 Å². The fraction of sp³-hybridized carbons (Fsp3) is 0.875. The van der Waals surface area contributed by atoms with Crippen molar-refractivity contribution in [3.05, 3.63) is 11.6 Å². The zero-order valence-electron chi connectivity index (χ0n) is 20.7. The molecule has 188 valence electrons. The van der Waals surface area contributed by atoms with Crippen LogP contribution >= 0.6 is 24.0 Å². The van der Waals surface area contributed by atoms with E-state index in [4.69, 9.17) is 9.73 Å². The van der Waals surface area contributed by atoms with Crippen molar-refractivity contribution < 1.29 is 4.74 Å². The van der Waals surface area contributed by atoms with E-state index in [0.29, 0.717) is 12.0 Å². The highest BCUT2D eigenvalue weighted by Crippen LogP contribution is 2.42. The second kappa shape index (κ2) is 13.2. The number of nitrogens with zero attached hydrogens (tertiary/aromatic N) is 6. The molecule has 4 rings (SSSR count). The first-order valence-corrected chi connectivity index (χ1v) is 12.8. The van der Waals surface area contributed by atoms with Crippen molar-refractivity contribution in [3.63, 3.8) is 0 Å². The van der Waals surface area contributed by atoms with E-state index in [0.717, 1.165) is 76.5 Å². The van der Waals surface area contributed by atoms with Crippen LogP contribution in [0.2, 0.25) is 0 Å². The van der Waals surface area contributed by atoms with E-state index in [-0.39, 0.29) is 24.0 Å². The van der Waals surface area contributed by atoms with Crippen LogP contribution in [0.25, 0.3) is 0 Å². The maximum absolute atomic E-state index is 5.48. The molecule has 9 heteroatoms. The molecule has 2 aliphatic heterocycles. The van der Waals surface area contributed by atoms with Crippen LogP contribution in [0.5, 0.6) is 0 Å². The molecule has 1 aromatic heterocycles. The van der Waals surface area contributed by atoms with E-state index in [9.17, 15) is 0 Å². The van der Waals surface area contributed by atoms with Crippen LogP contribution in [0.1, 0.15) is 69.4 Å². The number of hydrogen-bond donors (Lipinski definition) is 1. The fourth-order valence-corrected chi connectivity index (χ4v) is 5.60. The third-order valence-corrected chi connectivity index (χ3v) is 7.72. The quantitative estimate of drug-likeness (QED) is 0.244. The van der Waals surface area contributed by atoms with Gasteiger partial charge >= 0.3 is 0 Å². The van der Waals surface area contributed by atoms with E-state index in [1.165, 1.54) is 51.4 Å². The number of ether oxygens (including phenoxy) is 1. The molecule has 3 heterocycles. The van der Waals surface area contributed by atoms with E-state index >= 15 is 0 Å². The highest BCUT2D eigenvalue weighted by Gasteiger charge is 2.36. The molecule has 0 atom stereocenters. The summed E-state index contributed by atoms with van der Waals surface area (Å²) < 4.78 is 7.52. The van der Waals surface area contributed by atoms with Gasteiger partial charge in [-0.3, -0.25) is 4.90 Å². The van der Waals surface area contributed by atoms with Crippen molar-refractivity contribution in [1.29, 1.82) is 0 Å². The van der Waals surface area contributed by atoms with Crippen LogP contribution < -0.4 is 5.32 Å². The lowest BCUT2D eigenvalue weighted by molar-refractivity contribution is 0.0375. The molecule has 8 nitrogen and oxygen atoms in total. The minimum absolute atomic E-state index is 0. The summed E-state index contributed by atoms with van der Waals surface area (Å²) in [5, 5.41) is 12.3. The molecule has 0 bridgehead atoms. The van der Waals surface area contributed by atoms with Crippen molar-refractivity contribution in [1.82, 2.24) is 29.9 Å². The molecule has 3 aliphatic rings. The lowest BCUT2D eigenvalue weighted by atomic mass is 9.74. The third-order valence-electron chi connectivity index (χ3n) is 7.72. The molecule has 1 spiro atoms. The van der Waals surface area contributed by atoms with E-state index in [1.807, 2.05) is 18.5 Å². The largest absolute Gasteiger partial charge is 0.379 e.